The zero-order valence-corrected chi connectivity index (χ0v) is 14.4. The molecule has 1 aliphatic heterocycles. The maximum absolute atomic E-state index is 12.7. The van der Waals surface area contributed by atoms with Gasteiger partial charge in [0, 0.05) is 13.1 Å². The summed E-state index contributed by atoms with van der Waals surface area (Å²) in [7, 11) is -0.265. The van der Waals surface area contributed by atoms with Gasteiger partial charge in [-0.3, -0.25) is 0 Å². The second-order valence-electron chi connectivity index (χ2n) is 5.76. The molecule has 6 nitrogen and oxygen atoms in total. The summed E-state index contributed by atoms with van der Waals surface area (Å²) < 4.78 is 31.5. The zero-order valence-electron chi connectivity index (χ0n) is 13.6. The predicted molar refractivity (Wildman–Crippen MR) is 87.8 cm³/mol. The van der Waals surface area contributed by atoms with Crippen LogP contribution >= 0.6 is 0 Å². The van der Waals surface area contributed by atoms with Crippen molar-refractivity contribution in [2.24, 2.45) is 5.92 Å². The number of hydrogen-bond acceptors (Lipinski definition) is 5. The van der Waals surface area contributed by atoms with Crippen molar-refractivity contribution in [3.8, 4) is 0 Å². The molecule has 23 heavy (non-hydrogen) atoms. The number of piperidine rings is 1. The number of ether oxygens (including phenoxy) is 1. The standard InChI is InChI=1S/C16H24N2O4S/c1-17-10-7-13-8-11-18(12-9-13)23(20,21)15-5-3-14(4-6-15)16(19)22-2/h3-6,13,17H,7-12H2,1-2H3. The molecular weight excluding hydrogens is 316 g/mol. The van der Waals surface area contributed by atoms with E-state index in [1.54, 1.807) is 0 Å². The van der Waals surface area contributed by atoms with E-state index in [-0.39, 0.29) is 4.90 Å². The Hall–Kier alpha value is -1.44. The van der Waals surface area contributed by atoms with Gasteiger partial charge in [0.1, 0.15) is 0 Å². The van der Waals surface area contributed by atoms with E-state index >= 15 is 0 Å². The fraction of sp³-hybridized carbons (Fsp3) is 0.562. The molecule has 0 atom stereocenters. The molecule has 1 aromatic carbocycles. The number of hydrogen-bond donors (Lipinski definition) is 1. The van der Waals surface area contributed by atoms with Crippen LogP contribution in [0.5, 0.6) is 0 Å². The molecular formula is C16H24N2O4S. The lowest BCUT2D eigenvalue weighted by molar-refractivity contribution is 0.0600. The smallest absolute Gasteiger partial charge is 0.337 e. The average Bonchev–Trinajstić information content (AvgIpc) is 2.59. The van der Waals surface area contributed by atoms with Gasteiger partial charge in [0.15, 0.2) is 0 Å². The maximum Gasteiger partial charge on any atom is 0.337 e. The van der Waals surface area contributed by atoms with Crippen LogP contribution in [0.3, 0.4) is 0 Å². The van der Waals surface area contributed by atoms with Crippen LogP contribution in [0, 0.1) is 5.92 Å². The summed E-state index contributed by atoms with van der Waals surface area (Å²) in [5, 5.41) is 3.13. The van der Waals surface area contributed by atoms with E-state index in [1.165, 1.54) is 35.7 Å². The Bertz CT molecular complexity index is 620. The third kappa shape index (κ3) is 4.31. The van der Waals surface area contributed by atoms with Crippen LogP contribution in [0.15, 0.2) is 29.2 Å². The quantitative estimate of drug-likeness (QED) is 0.794. The number of carbonyl (C=O) groups excluding carboxylic acids is 1. The van der Waals surface area contributed by atoms with E-state index in [0.717, 1.165) is 25.8 Å². The fourth-order valence-corrected chi connectivity index (χ4v) is 4.29. The van der Waals surface area contributed by atoms with Crippen molar-refractivity contribution in [3.05, 3.63) is 29.8 Å². The molecule has 1 N–H and O–H groups in total. The lowest BCUT2D eigenvalue weighted by Crippen LogP contribution is -2.38. The highest BCUT2D eigenvalue weighted by Crippen LogP contribution is 2.25. The Morgan fingerprint density at radius 2 is 1.87 bits per heavy atom. The number of sulfonamides is 1. The molecule has 7 heteroatoms. The van der Waals surface area contributed by atoms with Gasteiger partial charge < -0.3 is 10.1 Å². The van der Waals surface area contributed by atoms with Crippen molar-refractivity contribution in [1.29, 1.82) is 0 Å². The van der Waals surface area contributed by atoms with Crippen LogP contribution in [-0.4, -0.2) is 52.5 Å². The molecule has 1 saturated heterocycles. The highest BCUT2D eigenvalue weighted by atomic mass is 32.2. The summed E-state index contributed by atoms with van der Waals surface area (Å²) in [6.07, 6.45) is 2.86. The molecule has 1 fully saturated rings. The molecule has 0 bridgehead atoms. The highest BCUT2D eigenvalue weighted by Gasteiger charge is 2.29. The first kappa shape index (κ1) is 17.9. The molecule has 0 saturated carbocycles. The van der Waals surface area contributed by atoms with Crippen LogP contribution < -0.4 is 5.32 Å². The van der Waals surface area contributed by atoms with E-state index in [2.05, 4.69) is 10.1 Å². The monoisotopic (exact) mass is 340 g/mol. The van der Waals surface area contributed by atoms with Crippen molar-refractivity contribution in [3.63, 3.8) is 0 Å². The van der Waals surface area contributed by atoms with Crippen molar-refractivity contribution in [2.45, 2.75) is 24.2 Å². The maximum atomic E-state index is 12.7. The second-order valence-corrected chi connectivity index (χ2v) is 7.69. The number of methoxy groups -OCH3 is 1. The van der Waals surface area contributed by atoms with Crippen molar-refractivity contribution >= 4 is 16.0 Å². The van der Waals surface area contributed by atoms with Gasteiger partial charge in [-0.1, -0.05) is 0 Å². The summed E-state index contributed by atoms with van der Waals surface area (Å²) in [5.74, 6) is 0.106. The number of carbonyl (C=O) groups is 1. The minimum atomic E-state index is -3.49. The van der Waals surface area contributed by atoms with Crippen LogP contribution in [0.1, 0.15) is 29.6 Å². The number of esters is 1. The Kier molecular flexibility index (Phi) is 6.15. The molecule has 1 aliphatic rings. The number of nitrogens with one attached hydrogen (secondary N) is 1. The molecule has 0 aromatic heterocycles. The van der Waals surface area contributed by atoms with E-state index in [9.17, 15) is 13.2 Å². The summed E-state index contributed by atoms with van der Waals surface area (Å²) in [6.45, 7) is 2.07. The van der Waals surface area contributed by atoms with Crippen LogP contribution in [0.4, 0.5) is 0 Å². The van der Waals surface area contributed by atoms with Gasteiger partial charge in [-0.15, -0.1) is 0 Å². The summed E-state index contributed by atoms with van der Waals surface area (Å²) in [6, 6.07) is 5.90. The van der Waals surface area contributed by atoms with E-state index in [0.29, 0.717) is 24.6 Å². The van der Waals surface area contributed by atoms with E-state index < -0.39 is 16.0 Å². The lowest BCUT2D eigenvalue weighted by atomic mass is 9.95. The SMILES string of the molecule is CNCCC1CCN(S(=O)(=O)c2ccc(C(=O)OC)cc2)CC1. The van der Waals surface area contributed by atoms with Crippen LogP contribution in [0.25, 0.3) is 0 Å². The van der Waals surface area contributed by atoms with Gasteiger partial charge in [-0.25, -0.2) is 13.2 Å². The largest absolute Gasteiger partial charge is 0.465 e. The lowest BCUT2D eigenvalue weighted by Gasteiger charge is -2.31. The van der Waals surface area contributed by atoms with Crippen molar-refractivity contribution in [1.82, 2.24) is 9.62 Å². The first-order valence-electron chi connectivity index (χ1n) is 7.82. The fourth-order valence-electron chi connectivity index (χ4n) is 2.82. The summed E-state index contributed by atoms with van der Waals surface area (Å²) in [5.41, 5.74) is 0.345. The molecule has 0 radical (unpaired) electrons. The molecule has 0 amide bonds. The second kappa shape index (κ2) is 7.90. The van der Waals surface area contributed by atoms with E-state index in [1.807, 2.05) is 7.05 Å². The zero-order chi connectivity index (χ0) is 16.9. The molecule has 0 spiro atoms. The number of benzene rings is 1. The predicted octanol–water partition coefficient (Wildman–Crippen LogP) is 1.48. The Morgan fingerprint density at radius 1 is 1.26 bits per heavy atom. The molecule has 2 rings (SSSR count). The Balaban J connectivity index is 2.03. The topological polar surface area (TPSA) is 75.7 Å². The third-order valence-corrected chi connectivity index (χ3v) is 6.20. The van der Waals surface area contributed by atoms with E-state index in [4.69, 9.17) is 0 Å². The minimum absolute atomic E-state index is 0.221. The molecule has 0 aliphatic carbocycles. The van der Waals surface area contributed by atoms with Gasteiger partial charge in [-0.2, -0.15) is 4.31 Å². The first-order chi connectivity index (χ1) is 11.0. The average molecular weight is 340 g/mol. The van der Waals surface area contributed by atoms with Gasteiger partial charge in [-0.05, 0) is 63.0 Å². The molecule has 1 heterocycles. The Labute approximate surface area is 137 Å². The van der Waals surface area contributed by atoms with Gasteiger partial charge in [0.2, 0.25) is 10.0 Å². The minimum Gasteiger partial charge on any atom is -0.465 e. The Morgan fingerprint density at radius 3 is 2.39 bits per heavy atom. The van der Waals surface area contributed by atoms with Crippen molar-refractivity contribution < 1.29 is 17.9 Å². The molecule has 128 valence electrons. The summed E-state index contributed by atoms with van der Waals surface area (Å²) in [4.78, 5) is 11.6. The highest BCUT2D eigenvalue weighted by molar-refractivity contribution is 7.89. The number of rotatable bonds is 6. The molecule has 0 unspecified atom stereocenters. The number of nitrogens with zero attached hydrogens (tertiary/aromatic N) is 1. The summed E-state index contributed by atoms with van der Waals surface area (Å²) >= 11 is 0. The van der Waals surface area contributed by atoms with Crippen molar-refractivity contribution in [2.75, 3.05) is 33.8 Å². The first-order valence-corrected chi connectivity index (χ1v) is 9.26. The molecule has 1 aromatic rings. The van der Waals surface area contributed by atoms with Crippen LogP contribution in [-0.2, 0) is 14.8 Å². The normalized spacial score (nSPS) is 17.1. The van der Waals surface area contributed by atoms with Crippen LogP contribution in [0.2, 0.25) is 0 Å². The van der Waals surface area contributed by atoms with Gasteiger partial charge in [0.05, 0.1) is 17.6 Å². The van der Waals surface area contributed by atoms with Gasteiger partial charge in [0.25, 0.3) is 0 Å². The van der Waals surface area contributed by atoms with Gasteiger partial charge >= 0.3 is 5.97 Å². The third-order valence-electron chi connectivity index (χ3n) is 4.29.